The molecule has 0 spiro atoms. The summed E-state index contributed by atoms with van der Waals surface area (Å²) in [6.45, 7) is 8.10. The van der Waals surface area contributed by atoms with Crippen molar-refractivity contribution in [3.05, 3.63) is 11.1 Å². The minimum Gasteiger partial charge on any atom is -0.396 e. The van der Waals surface area contributed by atoms with Crippen LogP contribution in [0.1, 0.15) is 32.6 Å². The van der Waals surface area contributed by atoms with Gasteiger partial charge in [-0.3, -0.25) is 5.32 Å². The van der Waals surface area contributed by atoms with Gasteiger partial charge in [0.1, 0.15) is 0 Å². The Bertz CT molecular complexity index is 406. The topological polar surface area (TPSA) is 74.2 Å². The van der Waals surface area contributed by atoms with Crippen LogP contribution in [0.25, 0.3) is 0 Å². The molecule has 0 bridgehead atoms. The Kier molecular flexibility index (Phi) is 6.24. The summed E-state index contributed by atoms with van der Waals surface area (Å²) in [5.41, 5.74) is 0. The number of nitrogens with one attached hydrogen (secondary N) is 2. The van der Waals surface area contributed by atoms with Crippen molar-refractivity contribution in [3.63, 3.8) is 0 Å². The highest BCUT2D eigenvalue weighted by Gasteiger charge is 2.14. The van der Waals surface area contributed by atoms with Gasteiger partial charge in [-0.2, -0.15) is 0 Å². The van der Waals surface area contributed by atoms with Gasteiger partial charge in [0.05, 0.1) is 0 Å². The second kappa shape index (κ2) is 7.45. The van der Waals surface area contributed by atoms with Gasteiger partial charge in [-0.25, -0.2) is 9.78 Å². The zero-order valence-electron chi connectivity index (χ0n) is 11.9. The van der Waals surface area contributed by atoms with Crippen LogP contribution < -0.4 is 10.6 Å². The Hall–Kier alpha value is -1.14. The highest BCUT2D eigenvalue weighted by molar-refractivity contribution is 7.15. The molecule has 0 aliphatic heterocycles. The molecule has 0 radical (unpaired) electrons. The highest BCUT2D eigenvalue weighted by atomic mass is 32.1. The van der Waals surface area contributed by atoms with Gasteiger partial charge in [-0.1, -0.05) is 20.8 Å². The van der Waals surface area contributed by atoms with Crippen LogP contribution in [0, 0.1) is 11.8 Å². The first kappa shape index (κ1) is 15.9. The van der Waals surface area contributed by atoms with E-state index in [1.807, 2.05) is 13.8 Å². The zero-order valence-corrected chi connectivity index (χ0v) is 12.8. The maximum absolute atomic E-state index is 11.7. The molecule has 2 amide bonds. The molecule has 1 heterocycles. The molecule has 5 nitrogen and oxygen atoms in total. The first-order chi connectivity index (χ1) is 8.92. The van der Waals surface area contributed by atoms with E-state index >= 15 is 0 Å². The van der Waals surface area contributed by atoms with Crippen LogP contribution in [0.2, 0.25) is 0 Å². The van der Waals surface area contributed by atoms with Crippen LogP contribution in [0.4, 0.5) is 9.93 Å². The largest absolute Gasteiger partial charge is 0.396 e. The average Bonchev–Trinajstić information content (AvgIpc) is 2.73. The Morgan fingerprint density at radius 1 is 1.42 bits per heavy atom. The van der Waals surface area contributed by atoms with Crippen molar-refractivity contribution >= 4 is 22.5 Å². The number of aliphatic hydroxyl groups is 1. The van der Waals surface area contributed by atoms with Gasteiger partial charge in [0.25, 0.3) is 0 Å². The van der Waals surface area contributed by atoms with Gasteiger partial charge in [0.2, 0.25) is 0 Å². The summed E-state index contributed by atoms with van der Waals surface area (Å²) in [4.78, 5) is 17.1. The first-order valence-electron chi connectivity index (χ1n) is 6.55. The molecule has 0 aliphatic rings. The van der Waals surface area contributed by atoms with Crippen molar-refractivity contribution < 1.29 is 9.90 Å². The number of carbonyl (C=O) groups excluding carboxylic acids is 1. The average molecular weight is 285 g/mol. The number of hydrogen-bond donors (Lipinski definition) is 3. The summed E-state index contributed by atoms with van der Waals surface area (Å²) < 4.78 is 0. The minimum absolute atomic E-state index is 0.0264. The van der Waals surface area contributed by atoms with E-state index in [0.717, 1.165) is 6.42 Å². The van der Waals surface area contributed by atoms with Crippen molar-refractivity contribution in [3.8, 4) is 0 Å². The van der Waals surface area contributed by atoms with E-state index in [-0.39, 0.29) is 24.6 Å². The maximum atomic E-state index is 11.7. The molecule has 1 rings (SSSR count). The number of aliphatic hydroxyl groups excluding tert-OH is 1. The van der Waals surface area contributed by atoms with Gasteiger partial charge in [-0.05, 0) is 25.2 Å². The molecule has 0 aromatic carbocycles. The fourth-order valence-corrected chi connectivity index (χ4v) is 2.52. The molecule has 6 heteroatoms. The van der Waals surface area contributed by atoms with Gasteiger partial charge >= 0.3 is 6.03 Å². The van der Waals surface area contributed by atoms with E-state index in [0.29, 0.717) is 11.0 Å². The second-order valence-corrected chi connectivity index (χ2v) is 6.39. The third kappa shape index (κ3) is 5.57. The number of amides is 2. The lowest BCUT2D eigenvalue weighted by Gasteiger charge is -2.18. The number of hydrogen-bond acceptors (Lipinski definition) is 4. The van der Waals surface area contributed by atoms with E-state index in [1.165, 1.54) is 16.2 Å². The van der Waals surface area contributed by atoms with E-state index in [4.69, 9.17) is 5.11 Å². The SMILES string of the molecule is CC(C)Cc1cnc(NC(=O)N[C@@H](C)[C@@H](C)CO)s1. The van der Waals surface area contributed by atoms with E-state index in [1.54, 1.807) is 6.20 Å². The van der Waals surface area contributed by atoms with Crippen molar-refractivity contribution in [2.75, 3.05) is 11.9 Å². The summed E-state index contributed by atoms with van der Waals surface area (Å²) in [7, 11) is 0. The standard InChI is InChI=1S/C13H23N3O2S/c1-8(2)5-11-6-14-13(19-11)16-12(18)15-10(4)9(3)7-17/h6,8-10,17H,5,7H2,1-4H3,(H2,14,15,16,18)/t9-,10-/m0/s1. The van der Waals surface area contributed by atoms with Gasteiger partial charge in [0.15, 0.2) is 5.13 Å². The maximum Gasteiger partial charge on any atom is 0.321 e. The smallest absolute Gasteiger partial charge is 0.321 e. The highest BCUT2D eigenvalue weighted by Crippen LogP contribution is 2.20. The van der Waals surface area contributed by atoms with Crippen LogP contribution in [-0.4, -0.2) is 28.8 Å². The molecule has 3 N–H and O–H groups in total. The molecule has 0 fully saturated rings. The number of rotatable bonds is 6. The predicted molar refractivity (Wildman–Crippen MR) is 78.5 cm³/mol. The first-order valence-corrected chi connectivity index (χ1v) is 7.37. The number of carbonyl (C=O) groups is 1. The minimum atomic E-state index is -0.279. The monoisotopic (exact) mass is 285 g/mol. The molecule has 1 aromatic heterocycles. The van der Waals surface area contributed by atoms with E-state index in [2.05, 4.69) is 29.5 Å². The number of anilines is 1. The van der Waals surface area contributed by atoms with Crippen molar-refractivity contribution in [1.82, 2.24) is 10.3 Å². The second-order valence-electron chi connectivity index (χ2n) is 5.28. The van der Waals surface area contributed by atoms with E-state index in [9.17, 15) is 4.79 Å². The number of thiazole rings is 1. The fourth-order valence-electron chi connectivity index (χ4n) is 1.50. The quantitative estimate of drug-likeness (QED) is 0.751. The summed E-state index contributed by atoms with van der Waals surface area (Å²) in [5.74, 6) is 0.603. The third-order valence-corrected chi connectivity index (χ3v) is 3.82. The van der Waals surface area contributed by atoms with Crippen LogP contribution in [0.3, 0.4) is 0 Å². The number of aromatic nitrogens is 1. The van der Waals surface area contributed by atoms with Gasteiger partial charge in [0, 0.05) is 23.7 Å². The lowest BCUT2D eigenvalue weighted by molar-refractivity contribution is 0.204. The Balaban J connectivity index is 2.46. The van der Waals surface area contributed by atoms with Crippen LogP contribution >= 0.6 is 11.3 Å². The lowest BCUT2D eigenvalue weighted by Crippen LogP contribution is -2.40. The van der Waals surface area contributed by atoms with Crippen LogP contribution in [0.15, 0.2) is 6.20 Å². The normalized spacial score (nSPS) is 14.2. The van der Waals surface area contributed by atoms with E-state index < -0.39 is 0 Å². The van der Waals surface area contributed by atoms with Crippen LogP contribution in [-0.2, 0) is 6.42 Å². The van der Waals surface area contributed by atoms with Crippen molar-refractivity contribution in [2.45, 2.75) is 40.2 Å². The Morgan fingerprint density at radius 3 is 2.68 bits per heavy atom. The molecule has 0 aliphatic carbocycles. The van der Waals surface area contributed by atoms with Gasteiger partial charge in [-0.15, -0.1) is 11.3 Å². The molecule has 0 unspecified atom stereocenters. The zero-order chi connectivity index (χ0) is 14.4. The molecular formula is C13H23N3O2S. The predicted octanol–water partition coefficient (Wildman–Crippen LogP) is 2.48. The molecular weight excluding hydrogens is 262 g/mol. The number of nitrogens with zero attached hydrogens (tertiary/aromatic N) is 1. The molecule has 1 aromatic rings. The van der Waals surface area contributed by atoms with Crippen molar-refractivity contribution in [1.29, 1.82) is 0 Å². The summed E-state index contributed by atoms with van der Waals surface area (Å²) in [6, 6.07) is -0.363. The van der Waals surface area contributed by atoms with Crippen LogP contribution in [0.5, 0.6) is 0 Å². The summed E-state index contributed by atoms with van der Waals surface area (Å²) >= 11 is 1.50. The fraction of sp³-hybridized carbons (Fsp3) is 0.692. The molecule has 0 saturated heterocycles. The number of urea groups is 1. The van der Waals surface area contributed by atoms with Gasteiger partial charge < -0.3 is 10.4 Å². The molecule has 19 heavy (non-hydrogen) atoms. The molecule has 108 valence electrons. The Morgan fingerprint density at radius 2 is 2.11 bits per heavy atom. The Labute approximate surface area is 118 Å². The molecule has 0 saturated carbocycles. The van der Waals surface area contributed by atoms with Crippen molar-refractivity contribution in [2.24, 2.45) is 11.8 Å². The third-order valence-electron chi connectivity index (χ3n) is 2.88. The summed E-state index contributed by atoms with van der Waals surface area (Å²) in [5, 5.41) is 15.1. The molecule has 2 atom stereocenters. The lowest BCUT2D eigenvalue weighted by atomic mass is 10.1. The summed E-state index contributed by atoms with van der Waals surface area (Å²) in [6.07, 6.45) is 2.78.